The lowest BCUT2D eigenvalue weighted by Crippen LogP contribution is -2.48. The molecule has 152 valence electrons. The molecule has 1 aliphatic rings. The van der Waals surface area contributed by atoms with Crippen LogP contribution in [0.15, 0.2) is 64.0 Å². The molecule has 2 aromatic heterocycles. The van der Waals surface area contributed by atoms with E-state index < -0.39 is 0 Å². The molecule has 0 N–H and O–H groups in total. The fourth-order valence-corrected chi connectivity index (χ4v) is 3.27. The SMILES string of the molecule is O=c1ccc(-c2ccco2)nn1CN1CCN(CCOc2ccc(F)cc2)CC1. The van der Waals surface area contributed by atoms with Crippen molar-refractivity contribution in [2.24, 2.45) is 0 Å². The van der Waals surface area contributed by atoms with Crippen molar-refractivity contribution in [2.75, 3.05) is 39.3 Å². The van der Waals surface area contributed by atoms with Gasteiger partial charge in [0, 0.05) is 38.8 Å². The van der Waals surface area contributed by atoms with Gasteiger partial charge in [-0.1, -0.05) is 0 Å². The predicted octanol–water partition coefficient (Wildman–Crippen LogP) is 2.30. The Morgan fingerprint density at radius 2 is 1.76 bits per heavy atom. The van der Waals surface area contributed by atoms with Crippen LogP contribution in [0.4, 0.5) is 4.39 Å². The lowest BCUT2D eigenvalue weighted by molar-refractivity contribution is 0.0912. The summed E-state index contributed by atoms with van der Waals surface area (Å²) < 4.78 is 25.4. The summed E-state index contributed by atoms with van der Waals surface area (Å²) in [7, 11) is 0. The number of nitrogens with zero attached hydrogens (tertiary/aromatic N) is 4. The molecular weight excluding hydrogens is 375 g/mol. The van der Waals surface area contributed by atoms with Gasteiger partial charge in [-0.3, -0.25) is 14.6 Å². The van der Waals surface area contributed by atoms with Gasteiger partial charge in [-0.15, -0.1) is 0 Å². The smallest absolute Gasteiger partial charge is 0.268 e. The monoisotopic (exact) mass is 398 g/mol. The van der Waals surface area contributed by atoms with Crippen molar-refractivity contribution in [3.8, 4) is 17.2 Å². The summed E-state index contributed by atoms with van der Waals surface area (Å²) in [5, 5.41) is 4.43. The van der Waals surface area contributed by atoms with Crippen LogP contribution < -0.4 is 10.3 Å². The normalized spacial score (nSPS) is 15.5. The average molecular weight is 398 g/mol. The first-order valence-electron chi connectivity index (χ1n) is 9.62. The van der Waals surface area contributed by atoms with Crippen molar-refractivity contribution in [1.82, 2.24) is 19.6 Å². The lowest BCUT2D eigenvalue weighted by atomic mass is 10.3. The summed E-state index contributed by atoms with van der Waals surface area (Å²) in [4.78, 5) is 16.7. The van der Waals surface area contributed by atoms with Crippen LogP contribution >= 0.6 is 0 Å². The molecule has 4 rings (SSSR count). The van der Waals surface area contributed by atoms with E-state index in [4.69, 9.17) is 9.15 Å². The molecule has 0 unspecified atom stereocenters. The van der Waals surface area contributed by atoms with Gasteiger partial charge < -0.3 is 9.15 Å². The van der Waals surface area contributed by atoms with Crippen molar-refractivity contribution in [2.45, 2.75) is 6.67 Å². The first kappa shape index (κ1) is 19.4. The second-order valence-electron chi connectivity index (χ2n) is 6.94. The Morgan fingerprint density at radius 3 is 2.48 bits per heavy atom. The summed E-state index contributed by atoms with van der Waals surface area (Å²) in [6.45, 7) is 5.27. The van der Waals surface area contributed by atoms with Crippen LogP contribution in [0.5, 0.6) is 5.75 Å². The van der Waals surface area contributed by atoms with E-state index in [2.05, 4.69) is 14.9 Å². The zero-order valence-electron chi connectivity index (χ0n) is 16.0. The van der Waals surface area contributed by atoms with E-state index in [0.29, 0.717) is 30.5 Å². The van der Waals surface area contributed by atoms with Gasteiger partial charge in [-0.05, 0) is 42.5 Å². The molecule has 8 heteroatoms. The van der Waals surface area contributed by atoms with Gasteiger partial charge in [0.15, 0.2) is 5.76 Å². The minimum Gasteiger partial charge on any atom is -0.492 e. The molecule has 0 radical (unpaired) electrons. The van der Waals surface area contributed by atoms with Gasteiger partial charge in [-0.25, -0.2) is 9.07 Å². The Kier molecular flexibility index (Phi) is 6.02. The Bertz CT molecular complexity index is 964. The van der Waals surface area contributed by atoms with Gasteiger partial charge >= 0.3 is 0 Å². The molecule has 0 saturated carbocycles. The fourth-order valence-electron chi connectivity index (χ4n) is 3.27. The summed E-state index contributed by atoms with van der Waals surface area (Å²) in [6, 6.07) is 12.9. The molecule has 0 spiro atoms. The largest absolute Gasteiger partial charge is 0.492 e. The number of hydrogen-bond donors (Lipinski definition) is 0. The van der Waals surface area contributed by atoms with Crippen molar-refractivity contribution < 1.29 is 13.5 Å². The van der Waals surface area contributed by atoms with Gasteiger partial charge in [0.2, 0.25) is 0 Å². The maximum Gasteiger partial charge on any atom is 0.268 e. The van der Waals surface area contributed by atoms with Crippen LogP contribution in [0.3, 0.4) is 0 Å². The number of halogens is 1. The minimum absolute atomic E-state index is 0.129. The first-order chi connectivity index (χ1) is 14.2. The summed E-state index contributed by atoms with van der Waals surface area (Å²) in [5.41, 5.74) is 0.515. The molecule has 3 aromatic rings. The van der Waals surface area contributed by atoms with Crippen molar-refractivity contribution in [3.05, 3.63) is 71.0 Å². The highest BCUT2D eigenvalue weighted by Gasteiger charge is 2.18. The number of furan rings is 1. The Labute approximate surface area is 167 Å². The summed E-state index contributed by atoms with van der Waals surface area (Å²) in [5.74, 6) is 1.05. The maximum atomic E-state index is 12.9. The third-order valence-corrected chi connectivity index (χ3v) is 4.93. The first-order valence-corrected chi connectivity index (χ1v) is 9.62. The number of hydrogen-bond acceptors (Lipinski definition) is 6. The number of piperazine rings is 1. The highest BCUT2D eigenvalue weighted by Crippen LogP contribution is 2.15. The summed E-state index contributed by atoms with van der Waals surface area (Å²) >= 11 is 0. The summed E-state index contributed by atoms with van der Waals surface area (Å²) in [6.07, 6.45) is 1.59. The van der Waals surface area contributed by atoms with E-state index >= 15 is 0 Å². The molecule has 1 saturated heterocycles. The van der Waals surface area contributed by atoms with E-state index in [0.717, 1.165) is 32.7 Å². The highest BCUT2D eigenvalue weighted by atomic mass is 19.1. The third kappa shape index (κ3) is 5.10. The molecule has 0 atom stereocenters. The number of rotatable bonds is 7. The quantitative estimate of drug-likeness (QED) is 0.609. The number of aromatic nitrogens is 2. The van der Waals surface area contributed by atoms with Crippen LogP contribution in [0.1, 0.15) is 0 Å². The van der Waals surface area contributed by atoms with Crippen LogP contribution in [-0.4, -0.2) is 58.9 Å². The number of benzene rings is 1. The zero-order chi connectivity index (χ0) is 20.1. The van der Waals surface area contributed by atoms with Crippen LogP contribution in [-0.2, 0) is 6.67 Å². The fraction of sp³-hybridized carbons (Fsp3) is 0.333. The Morgan fingerprint density at radius 1 is 1.00 bits per heavy atom. The van der Waals surface area contributed by atoms with Gasteiger partial charge in [0.05, 0.1) is 12.9 Å². The zero-order valence-corrected chi connectivity index (χ0v) is 16.0. The van der Waals surface area contributed by atoms with Crippen LogP contribution in [0.25, 0.3) is 11.5 Å². The molecule has 0 amide bonds. The second-order valence-corrected chi connectivity index (χ2v) is 6.94. The highest BCUT2D eigenvalue weighted by molar-refractivity contribution is 5.50. The van der Waals surface area contributed by atoms with E-state index in [1.54, 1.807) is 30.5 Å². The van der Waals surface area contributed by atoms with Crippen LogP contribution in [0.2, 0.25) is 0 Å². The van der Waals surface area contributed by atoms with Gasteiger partial charge in [0.25, 0.3) is 5.56 Å². The third-order valence-electron chi connectivity index (χ3n) is 4.93. The molecule has 29 heavy (non-hydrogen) atoms. The van der Waals surface area contributed by atoms with Crippen molar-refractivity contribution >= 4 is 0 Å². The molecule has 3 heterocycles. The molecular formula is C21H23FN4O3. The maximum absolute atomic E-state index is 12.9. The van der Waals surface area contributed by atoms with E-state index in [1.165, 1.54) is 22.9 Å². The molecule has 1 aromatic carbocycles. The van der Waals surface area contributed by atoms with Gasteiger partial charge in [0.1, 0.15) is 23.9 Å². The molecule has 0 bridgehead atoms. The van der Waals surface area contributed by atoms with E-state index in [9.17, 15) is 9.18 Å². The van der Waals surface area contributed by atoms with E-state index in [-0.39, 0.29) is 11.4 Å². The molecule has 0 aliphatic carbocycles. The Balaban J connectivity index is 1.25. The topological polar surface area (TPSA) is 63.7 Å². The van der Waals surface area contributed by atoms with E-state index in [1.807, 2.05) is 6.07 Å². The van der Waals surface area contributed by atoms with Crippen molar-refractivity contribution in [1.29, 1.82) is 0 Å². The molecule has 7 nitrogen and oxygen atoms in total. The minimum atomic E-state index is -0.267. The lowest BCUT2D eigenvalue weighted by Gasteiger charge is -2.34. The number of ether oxygens (including phenoxy) is 1. The molecule has 1 aliphatic heterocycles. The average Bonchev–Trinajstić information content (AvgIpc) is 3.27. The van der Waals surface area contributed by atoms with Crippen LogP contribution in [0, 0.1) is 5.82 Å². The second kappa shape index (κ2) is 9.02. The standard InChI is InChI=1S/C21H23FN4O3/c22-17-3-5-18(6-4-17)28-15-13-24-9-11-25(12-10-24)16-26-21(27)8-7-19(23-26)20-2-1-14-29-20/h1-8,14H,9-13,15-16H2. The molecule has 1 fully saturated rings. The Hall–Kier alpha value is -2.97. The van der Waals surface area contributed by atoms with Crippen molar-refractivity contribution in [3.63, 3.8) is 0 Å². The predicted molar refractivity (Wildman–Crippen MR) is 106 cm³/mol. The van der Waals surface area contributed by atoms with Gasteiger partial charge in [-0.2, -0.15) is 5.10 Å².